The van der Waals surface area contributed by atoms with Gasteiger partial charge in [-0.1, -0.05) is 0 Å². The van der Waals surface area contributed by atoms with E-state index in [1.807, 2.05) is 5.48 Å². The van der Waals surface area contributed by atoms with Gasteiger partial charge in [-0.25, -0.2) is 13.8 Å². The summed E-state index contributed by atoms with van der Waals surface area (Å²) < 4.78 is 53.4. The third-order valence-corrected chi connectivity index (χ3v) is 3.81. The number of hydrogen-bond donors (Lipinski definition) is 2. The van der Waals surface area contributed by atoms with Gasteiger partial charge in [0.1, 0.15) is 11.7 Å². The van der Waals surface area contributed by atoms with Gasteiger partial charge in [0.25, 0.3) is 11.5 Å². The Morgan fingerprint density at radius 2 is 1.85 bits per heavy atom. The van der Waals surface area contributed by atoms with E-state index in [9.17, 15) is 31.9 Å². The summed E-state index contributed by atoms with van der Waals surface area (Å²) in [7, 11) is 0.791. The van der Waals surface area contributed by atoms with E-state index in [-0.39, 0.29) is 26.5 Å². The standard InChI is InChI=1S/C14H10F4N4O4/c1-21-9(14(16,17)18)4-10(23)22(13(21)25)7-2-5-8(3-6(7)15)26-20-12(24)11(5)19/h2-4,11H,19H2,1H3,(H,20,24). The molecule has 0 fully saturated rings. The van der Waals surface area contributed by atoms with E-state index in [1.165, 1.54) is 0 Å². The molecule has 0 saturated heterocycles. The summed E-state index contributed by atoms with van der Waals surface area (Å²) in [5.74, 6) is -2.05. The molecule has 0 radical (unpaired) electrons. The highest BCUT2D eigenvalue weighted by Gasteiger charge is 2.35. The second-order valence-electron chi connectivity index (χ2n) is 5.43. The van der Waals surface area contributed by atoms with Gasteiger partial charge in [-0.2, -0.15) is 18.7 Å². The smallest absolute Gasteiger partial charge is 0.379 e. The zero-order valence-corrected chi connectivity index (χ0v) is 12.9. The minimum atomic E-state index is -4.95. The molecule has 8 nitrogen and oxygen atoms in total. The normalized spacial score (nSPS) is 16.7. The number of nitrogens with two attached hydrogens (primary N) is 1. The van der Waals surface area contributed by atoms with Crippen LogP contribution in [0.1, 0.15) is 17.3 Å². The first-order chi connectivity index (χ1) is 12.0. The average molecular weight is 374 g/mol. The Bertz CT molecular complexity index is 1040. The van der Waals surface area contributed by atoms with Crippen LogP contribution in [-0.4, -0.2) is 15.0 Å². The summed E-state index contributed by atoms with van der Waals surface area (Å²) in [6.45, 7) is 0. The molecule has 1 aliphatic rings. The van der Waals surface area contributed by atoms with E-state index in [1.54, 1.807) is 0 Å². The van der Waals surface area contributed by atoms with Crippen LogP contribution in [0.2, 0.25) is 0 Å². The largest absolute Gasteiger partial charge is 0.431 e. The summed E-state index contributed by atoms with van der Waals surface area (Å²) in [5.41, 5.74) is 2.59. The molecular weight excluding hydrogens is 364 g/mol. The van der Waals surface area contributed by atoms with Gasteiger partial charge in [-0.15, -0.1) is 0 Å². The van der Waals surface area contributed by atoms with Crippen LogP contribution in [0.15, 0.2) is 27.8 Å². The maximum atomic E-state index is 14.4. The Kier molecular flexibility index (Phi) is 3.87. The first-order valence-electron chi connectivity index (χ1n) is 6.98. The lowest BCUT2D eigenvalue weighted by Crippen LogP contribution is -2.42. The Morgan fingerprint density at radius 1 is 1.19 bits per heavy atom. The molecule has 138 valence electrons. The van der Waals surface area contributed by atoms with Crippen LogP contribution in [0.25, 0.3) is 5.69 Å². The van der Waals surface area contributed by atoms with Crippen molar-refractivity contribution >= 4 is 5.91 Å². The van der Waals surface area contributed by atoms with Crippen molar-refractivity contribution in [2.45, 2.75) is 12.2 Å². The lowest BCUT2D eigenvalue weighted by Gasteiger charge is -2.23. The summed E-state index contributed by atoms with van der Waals surface area (Å²) >= 11 is 0. The lowest BCUT2D eigenvalue weighted by molar-refractivity contribution is -0.144. The van der Waals surface area contributed by atoms with Crippen molar-refractivity contribution in [3.8, 4) is 11.4 Å². The average Bonchev–Trinajstić information content (AvgIpc) is 2.54. The van der Waals surface area contributed by atoms with Crippen LogP contribution >= 0.6 is 0 Å². The molecule has 1 aromatic carbocycles. The quantitative estimate of drug-likeness (QED) is 0.690. The number of halogens is 4. The van der Waals surface area contributed by atoms with E-state index in [2.05, 4.69) is 0 Å². The van der Waals surface area contributed by atoms with E-state index in [0.29, 0.717) is 0 Å². The molecule has 2 aromatic rings. The number of benzene rings is 1. The molecule has 12 heteroatoms. The molecule has 1 aliphatic heterocycles. The Labute approximate surface area is 141 Å². The van der Waals surface area contributed by atoms with E-state index in [4.69, 9.17) is 10.6 Å². The molecule has 1 aromatic heterocycles. The van der Waals surface area contributed by atoms with Crippen molar-refractivity contribution in [3.05, 3.63) is 56.1 Å². The molecule has 0 aliphatic carbocycles. The third-order valence-electron chi connectivity index (χ3n) is 3.81. The monoisotopic (exact) mass is 374 g/mol. The topological polar surface area (TPSA) is 108 Å². The van der Waals surface area contributed by atoms with E-state index >= 15 is 0 Å². The first kappa shape index (κ1) is 17.7. The predicted octanol–water partition coefficient (Wildman–Crippen LogP) is 0.118. The van der Waals surface area contributed by atoms with Crippen LogP contribution in [0.3, 0.4) is 0 Å². The first-order valence-corrected chi connectivity index (χ1v) is 6.98. The summed E-state index contributed by atoms with van der Waals surface area (Å²) in [6, 6.07) is 0.549. The number of alkyl halides is 3. The van der Waals surface area contributed by atoms with E-state index < -0.39 is 46.6 Å². The SMILES string of the molecule is Cn1c(C(F)(F)F)cc(=O)n(-c2cc3c(cc2F)ONC(=O)C3N)c1=O. The number of hydrogen-bond acceptors (Lipinski definition) is 5. The van der Waals surface area contributed by atoms with Crippen molar-refractivity contribution in [3.63, 3.8) is 0 Å². The molecule has 26 heavy (non-hydrogen) atoms. The molecule has 0 bridgehead atoms. The van der Waals surface area contributed by atoms with E-state index in [0.717, 1.165) is 19.2 Å². The fourth-order valence-corrected chi connectivity index (χ4v) is 2.49. The number of rotatable bonds is 1. The van der Waals surface area contributed by atoms with Crippen molar-refractivity contribution in [1.29, 1.82) is 0 Å². The van der Waals surface area contributed by atoms with Crippen LogP contribution < -0.4 is 27.3 Å². The number of nitrogens with zero attached hydrogens (tertiary/aromatic N) is 2. The highest BCUT2D eigenvalue weighted by atomic mass is 19.4. The maximum absolute atomic E-state index is 14.4. The zero-order valence-electron chi connectivity index (χ0n) is 12.9. The fourth-order valence-electron chi connectivity index (χ4n) is 2.49. The number of fused-ring (bicyclic) bond motifs is 1. The second kappa shape index (κ2) is 5.69. The van der Waals surface area contributed by atoms with Gasteiger partial charge in [0.2, 0.25) is 0 Å². The van der Waals surface area contributed by atoms with Gasteiger partial charge in [0.15, 0.2) is 11.6 Å². The highest BCUT2D eigenvalue weighted by molar-refractivity contribution is 5.84. The van der Waals surface area contributed by atoms with Gasteiger partial charge in [0, 0.05) is 24.7 Å². The molecule has 0 saturated carbocycles. The second-order valence-corrected chi connectivity index (χ2v) is 5.43. The molecule has 3 rings (SSSR count). The van der Waals surface area contributed by atoms with Gasteiger partial charge in [-0.3, -0.25) is 14.2 Å². The third kappa shape index (κ3) is 2.63. The van der Waals surface area contributed by atoms with Crippen molar-refractivity contribution in [2.24, 2.45) is 12.8 Å². The predicted molar refractivity (Wildman–Crippen MR) is 77.9 cm³/mol. The molecule has 2 heterocycles. The van der Waals surface area contributed by atoms with Gasteiger partial charge in [0.05, 0.1) is 5.69 Å². The Hall–Kier alpha value is -3.15. The van der Waals surface area contributed by atoms with Gasteiger partial charge in [-0.05, 0) is 6.07 Å². The summed E-state index contributed by atoms with van der Waals surface area (Å²) in [6.07, 6.45) is -4.95. The number of amides is 1. The molecule has 1 atom stereocenters. The van der Waals surface area contributed by atoms with Crippen molar-refractivity contribution in [1.82, 2.24) is 14.6 Å². The number of aromatic nitrogens is 2. The molecule has 1 unspecified atom stereocenters. The number of carbonyl (C=O) groups is 1. The van der Waals surface area contributed by atoms with Gasteiger partial charge >= 0.3 is 11.9 Å². The number of carbonyl (C=O) groups excluding carboxylic acids is 1. The van der Waals surface area contributed by atoms with Crippen LogP contribution in [0.4, 0.5) is 17.6 Å². The highest BCUT2D eigenvalue weighted by Crippen LogP contribution is 2.31. The maximum Gasteiger partial charge on any atom is 0.431 e. The Balaban J connectivity index is 2.29. The summed E-state index contributed by atoms with van der Waals surface area (Å²) in [4.78, 5) is 40.6. The fraction of sp³-hybridized carbons (Fsp3) is 0.214. The van der Waals surface area contributed by atoms with Crippen LogP contribution in [-0.2, 0) is 18.0 Å². The van der Waals surface area contributed by atoms with Crippen LogP contribution in [0.5, 0.6) is 5.75 Å². The zero-order chi connectivity index (χ0) is 19.4. The minimum Gasteiger partial charge on any atom is -0.379 e. The van der Waals surface area contributed by atoms with Crippen LogP contribution in [0, 0.1) is 5.82 Å². The van der Waals surface area contributed by atoms with Crippen molar-refractivity contribution < 1.29 is 27.2 Å². The van der Waals surface area contributed by atoms with Gasteiger partial charge < -0.3 is 10.6 Å². The Morgan fingerprint density at radius 3 is 2.46 bits per heavy atom. The summed E-state index contributed by atoms with van der Waals surface area (Å²) in [5, 5.41) is 0. The number of hydroxylamine groups is 1. The number of nitrogens with one attached hydrogen (secondary N) is 1. The molecule has 0 spiro atoms. The van der Waals surface area contributed by atoms with Crippen molar-refractivity contribution in [2.75, 3.05) is 0 Å². The lowest BCUT2D eigenvalue weighted by atomic mass is 10.0. The minimum absolute atomic E-state index is 0.0426. The molecular formula is C14H10F4N4O4. The molecule has 3 N–H and O–H groups in total. The molecule has 1 amide bonds.